The molecule has 0 aromatic carbocycles. The molecule has 6 heteroatoms. The molecule has 0 bridgehead atoms. The van der Waals surface area contributed by atoms with E-state index in [0.29, 0.717) is 5.76 Å². The lowest BCUT2D eigenvalue weighted by Gasteiger charge is -2.53. The van der Waals surface area contributed by atoms with Gasteiger partial charge in [0.25, 0.3) is 5.91 Å². The van der Waals surface area contributed by atoms with Crippen LogP contribution in [-0.2, 0) is 14.2 Å². The van der Waals surface area contributed by atoms with Gasteiger partial charge in [-0.2, -0.15) is 0 Å². The van der Waals surface area contributed by atoms with Crippen molar-refractivity contribution in [3.05, 3.63) is 23.7 Å². The highest BCUT2D eigenvalue weighted by Gasteiger charge is 2.57. The maximum absolute atomic E-state index is 12.5. The smallest absolute Gasteiger partial charge is 0.287 e. The number of rotatable bonds is 7. The minimum Gasteiger partial charge on any atom is -0.451 e. The fraction of sp³-hybridized carbons (Fsp3) is 0.722. The van der Waals surface area contributed by atoms with Crippen molar-refractivity contribution in [2.75, 3.05) is 20.8 Å². The van der Waals surface area contributed by atoms with Gasteiger partial charge in [0.05, 0.1) is 6.10 Å². The second-order valence-electron chi connectivity index (χ2n) is 6.65. The molecule has 134 valence electrons. The van der Waals surface area contributed by atoms with E-state index in [4.69, 9.17) is 18.6 Å². The summed E-state index contributed by atoms with van der Waals surface area (Å²) in [4.78, 5) is 12.5. The van der Waals surface area contributed by atoms with Crippen LogP contribution in [0.2, 0.25) is 0 Å². The Morgan fingerprint density at radius 2 is 2.04 bits per heavy atom. The van der Waals surface area contributed by atoms with E-state index in [2.05, 4.69) is 5.32 Å². The lowest BCUT2D eigenvalue weighted by Crippen LogP contribution is -2.63. The van der Waals surface area contributed by atoms with Gasteiger partial charge in [-0.15, -0.1) is 0 Å². The Kier molecular flexibility index (Phi) is 5.27. The van der Waals surface area contributed by atoms with Crippen molar-refractivity contribution >= 4 is 5.91 Å². The minimum absolute atomic E-state index is 0.114. The molecule has 2 aliphatic rings. The van der Waals surface area contributed by atoms with Crippen LogP contribution in [0, 0.1) is 5.41 Å². The maximum atomic E-state index is 12.5. The molecule has 6 nitrogen and oxygen atoms in total. The van der Waals surface area contributed by atoms with E-state index >= 15 is 0 Å². The highest BCUT2D eigenvalue weighted by atomic mass is 16.7. The zero-order chi connectivity index (χ0) is 17.2. The Labute approximate surface area is 142 Å². The number of carbonyl (C=O) groups is 1. The van der Waals surface area contributed by atoms with Crippen LogP contribution in [0.15, 0.2) is 16.5 Å². The SMILES string of the molecule is CCOC1CC(NC(=O)c2ccc(C(OC)OC)o2)C12CCCC2. The van der Waals surface area contributed by atoms with Crippen molar-refractivity contribution in [2.45, 2.75) is 57.5 Å². The third kappa shape index (κ3) is 2.98. The Hall–Kier alpha value is -1.37. The van der Waals surface area contributed by atoms with E-state index in [-0.39, 0.29) is 29.2 Å². The summed E-state index contributed by atoms with van der Waals surface area (Å²) in [7, 11) is 3.06. The summed E-state index contributed by atoms with van der Waals surface area (Å²) in [5.41, 5.74) is 0.114. The van der Waals surface area contributed by atoms with E-state index in [1.807, 2.05) is 6.92 Å². The van der Waals surface area contributed by atoms with Crippen LogP contribution in [0.1, 0.15) is 61.6 Å². The number of carbonyl (C=O) groups excluding carboxylic acids is 1. The Morgan fingerprint density at radius 1 is 1.33 bits per heavy atom. The fourth-order valence-electron chi connectivity index (χ4n) is 4.25. The Bertz CT molecular complexity index is 560. The fourth-order valence-corrected chi connectivity index (χ4v) is 4.25. The number of methoxy groups -OCH3 is 2. The summed E-state index contributed by atoms with van der Waals surface area (Å²) < 4.78 is 21.8. The lowest BCUT2D eigenvalue weighted by atomic mass is 9.60. The predicted octanol–water partition coefficient (Wildman–Crippen LogP) is 3.04. The van der Waals surface area contributed by atoms with E-state index in [1.165, 1.54) is 27.1 Å². The number of furan rings is 1. The van der Waals surface area contributed by atoms with Crippen LogP contribution < -0.4 is 5.32 Å². The van der Waals surface area contributed by atoms with Crippen molar-refractivity contribution in [1.29, 1.82) is 0 Å². The van der Waals surface area contributed by atoms with Crippen molar-refractivity contribution in [3.63, 3.8) is 0 Å². The van der Waals surface area contributed by atoms with Gasteiger partial charge in [-0.3, -0.25) is 4.79 Å². The van der Waals surface area contributed by atoms with Crippen LogP contribution in [0.4, 0.5) is 0 Å². The van der Waals surface area contributed by atoms with E-state index < -0.39 is 6.29 Å². The molecule has 1 heterocycles. The predicted molar refractivity (Wildman–Crippen MR) is 87.7 cm³/mol. The third-order valence-corrected chi connectivity index (χ3v) is 5.50. The molecule has 1 aromatic rings. The molecule has 0 aliphatic heterocycles. The number of nitrogens with one attached hydrogen (secondary N) is 1. The summed E-state index contributed by atoms with van der Waals surface area (Å²) in [6.07, 6.45) is 5.23. The standard InChI is InChI=1S/C18H27NO5/c1-4-23-15-11-14(18(15)9-5-6-10-18)19-16(20)12-7-8-13(24-12)17(21-2)22-3/h7-8,14-15,17H,4-6,9-11H2,1-3H3,(H,19,20). The first-order chi connectivity index (χ1) is 11.6. The van der Waals surface area contributed by atoms with Gasteiger partial charge in [0.2, 0.25) is 6.29 Å². The maximum Gasteiger partial charge on any atom is 0.287 e. The van der Waals surface area contributed by atoms with Crippen LogP contribution in [0.5, 0.6) is 0 Å². The first-order valence-electron chi connectivity index (χ1n) is 8.72. The van der Waals surface area contributed by atoms with Crippen LogP contribution in [0.3, 0.4) is 0 Å². The van der Waals surface area contributed by atoms with Crippen molar-refractivity contribution < 1.29 is 23.4 Å². The molecule has 2 atom stereocenters. The van der Waals surface area contributed by atoms with E-state index in [1.54, 1.807) is 12.1 Å². The highest BCUT2D eigenvalue weighted by Crippen LogP contribution is 2.54. The van der Waals surface area contributed by atoms with Crippen LogP contribution in [0.25, 0.3) is 0 Å². The number of ether oxygens (including phenoxy) is 3. The molecule has 2 unspecified atom stereocenters. The lowest BCUT2D eigenvalue weighted by molar-refractivity contribution is -0.127. The topological polar surface area (TPSA) is 69.9 Å². The highest BCUT2D eigenvalue weighted by molar-refractivity contribution is 5.91. The summed E-state index contributed by atoms with van der Waals surface area (Å²) in [5, 5.41) is 3.15. The van der Waals surface area contributed by atoms with Gasteiger partial charge in [0, 0.05) is 32.3 Å². The van der Waals surface area contributed by atoms with Crippen molar-refractivity contribution in [3.8, 4) is 0 Å². The third-order valence-electron chi connectivity index (χ3n) is 5.50. The quantitative estimate of drug-likeness (QED) is 0.775. The first-order valence-corrected chi connectivity index (χ1v) is 8.72. The molecule has 1 aromatic heterocycles. The molecule has 2 saturated carbocycles. The van der Waals surface area contributed by atoms with Gasteiger partial charge in [-0.25, -0.2) is 0 Å². The van der Waals surface area contributed by atoms with Crippen LogP contribution in [-0.4, -0.2) is 38.9 Å². The van der Waals surface area contributed by atoms with Gasteiger partial charge < -0.3 is 23.9 Å². The zero-order valence-corrected chi connectivity index (χ0v) is 14.7. The summed E-state index contributed by atoms with van der Waals surface area (Å²) in [5.74, 6) is 0.595. The summed E-state index contributed by atoms with van der Waals surface area (Å²) in [6.45, 7) is 2.75. The zero-order valence-electron chi connectivity index (χ0n) is 14.7. The molecule has 2 fully saturated rings. The normalized spacial score (nSPS) is 25.2. The summed E-state index contributed by atoms with van der Waals surface area (Å²) >= 11 is 0. The molecular formula is C18H27NO5. The van der Waals surface area contributed by atoms with Gasteiger partial charge in [-0.1, -0.05) is 12.8 Å². The van der Waals surface area contributed by atoms with Crippen molar-refractivity contribution in [2.24, 2.45) is 5.41 Å². The number of hydrogen-bond acceptors (Lipinski definition) is 5. The number of amides is 1. The largest absolute Gasteiger partial charge is 0.451 e. The average Bonchev–Trinajstić information content (AvgIpc) is 3.26. The summed E-state index contributed by atoms with van der Waals surface area (Å²) in [6, 6.07) is 3.54. The monoisotopic (exact) mass is 337 g/mol. The molecule has 3 rings (SSSR count). The molecule has 1 spiro atoms. The molecule has 0 saturated heterocycles. The average molecular weight is 337 g/mol. The van der Waals surface area contributed by atoms with Crippen molar-refractivity contribution in [1.82, 2.24) is 5.32 Å². The van der Waals surface area contributed by atoms with Gasteiger partial charge in [0.15, 0.2) is 11.5 Å². The molecule has 24 heavy (non-hydrogen) atoms. The van der Waals surface area contributed by atoms with E-state index in [9.17, 15) is 4.79 Å². The molecule has 0 radical (unpaired) electrons. The van der Waals surface area contributed by atoms with Gasteiger partial charge >= 0.3 is 0 Å². The molecule has 1 N–H and O–H groups in total. The van der Waals surface area contributed by atoms with Crippen LogP contribution >= 0.6 is 0 Å². The van der Waals surface area contributed by atoms with Gasteiger partial charge in [-0.05, 0) is 38.3 Å². The first kappa shape index (κ1) is 17.5. The van der Waals surface area contributed by atoms with E-state index in [0.717, 1.165) is 25.9 Å². The Balaban J connectivity index is 1.65. The minimum atomic E-state index is -0.598. The molecule has 1 amide bonds. The second kappa shape index (κ2) is 7.25. The second-order valence-corrected chi connectivity index (χ2v) is 6.65. The Morgan fingerprint density at radius 3 is 2.67 bits per heavy atom. The van der Waals surface area contributed by atoms with Gasteiger partial charge in [0.1, 0.15) is 0 Å². The molecular weight excluding hydrogens is 310 g/mol. The number of hydrogen-bond donors (Lipinski definition) is 1. The molecule has 2 aliphatic carbocycles.